The highest BCUT2D eigenvalue weighted by molar-refractivity contribution is 5.82. The molecule has 2 aliphatic heterocycles. The van der Waals surface area contributed by atoms with Gasteiger partial charge in [0.15, 0.2) is 0 Å². The second-order valence-electron chi connectivity index (χ2n) is 5.76. The molecule has 2 N–H and O–H groups in total. The summed E-state index contributed by atoms with van der Waals surface area (Å²) in [5.74, 6) is 0.0878. The molecule has 5 nitrogen and oxygen atoms in total. The van der Waals surface area contributed by atoms with Crippen molar-refractivity contribution in [2.75, 3.05) is 19.6 Å². The van der Waals surface area contributed by atoms with Crippen LogP contribution in [-0.2, 0) is 9.53 Å². The second kappa shape index (κ2) is 4.55. The van der Waals surface area contributed by atoms with Gasteiger partial charge < -0.3 is 20.1 Å². The second-order valence-corrected chi connectivity index (χ2v) is 5.76. The van der Waals surface area contributed by atoms with Gasteiger partial charge in [-0.05, 0) is 27.2 Å². The summed E-state index contributed by atoms with van der Waals surface area (Å²) >= 11 is 0. The van der Waals surface area contributed by atoms with Crippen molar-refractivity contribution < 1.29 is 14.6 Å². The van der Waals surface area contributed by atoms with Gasteiger partial charge in [0, 0.05) is 19.6 Å². The van der Waals surface area contributed by atoms with E-state index in [0.717, 1.165) is 0 Å². The summed E-state index contributed by atoms with van der Waals surface area (Å²) in [4.78, 5) is 14.1. The zero-order valence-electron chi connectivity index (χ0n) is 10.8. The van der Waals surface area contributed by atoms with E-state index in [1.54, 1.807) is 0 Å². The molecule has 2 rings (SSSR count). The molecule has 2 fully saturated rings. The van der Waals surface area contributed by atoms with Crippen LogP contribution in [0.4, 0.5) is 0 Å². The minimum atomic E-state index is -0.393. The molecular weight excluding hydrogens is 220 g/mol. The average Bonchev–Trinajstić information content (AvgIpc) is 2.60. The monoisotopic (exact) mass is 242 g/mol. The number of morpholine rings is 1. The van der Waals surface area contributed by atoms with E-state index in [4.69, 9.17) is 4.74 Å². The highest BCUT2D eigenvalue weighted by Gasteiger charge is 2.38. The third-order valence-electron chi connectivity index (χ3n) is 3.29. The minimum absolute atomic E-state index is 0.0639. The lowest BCUT2D eigenvalue weighted by Crippen LogP contribution is -2.57. The lowest BCUT2D eigenvalue weighted by atomic mass is 10.0. The first-order chi connectivity index (χ1) is 7.87. The lowest BCUT2D eigenvalue weighted by Gasteiger charge is -2.42. The van der Waals surface area contributed by atoms with Crippen molar-refractivity contribution >= 4 is 5.91 Å². The highest BCUT2D eigenvalue weighted by Crippen LogP contribution is 2.22. The first-order valence-corrected chi connectivity index (χ1v) is 6.25. The van der Waals surface area contributed by atoms with Gasteiger partial charge >= 0.3 is 0 Å². The Morgan fingerprint density at radius 2 is 2.24 bits per heavy atom. The van der Waals surface area contributed by atoms with Gasteiger partial charge in [0.25, 0.3) is 0 Å². The van der Waals surface area contributed by atoms with Crippen LogP contribution < -0.4 is 5.32 Å². The van der Waals surface area contributed by atoms with Gasteiger partial charge in [0.1, 0.15) is 0 Å². The van der Waals surface area contributed by atoms with E-state index >= 15 is 0 Å². The van der Waals surface area contributed by atoms with Crippen molar-refractivity contribution in [2.45, 2.75) is 51.0 Å². The third kappa shape index (κ3) is 2.97. The molecule has 2 heterocycles. The van der Waals surface area contributed by atoms with Crippen LogP contribution in [0.1, 0.15) is 27.2 Å². The summed E-state index contributed by atoms with van der Waals surface area (Å²) in [5.41, 5.74) is -0.287. The molecule has 0 aromatic heterocycles. The molecule has 2 aliphatic rings. The molecule has 0 spiro atoms. The molecule has 17 heavy (non-hydrogen) atoms. The number of carbonyl (C=O) groups excluding carboxylic acids is 1. The molecule has 0 radical (unpaired) electrons. The number of amides is 1. The smallest absolute Gasteiger partial charge is 0.239 e. The van der Waals surface area contributed by atoms with Crippen molar-refractivity contribution in [2.24, 2.45) is 0 Å². The van der Waals surface area contributed by atoms with Crippen LogP contribution in [0.25, 0.3) is 0 Å². The predicted octanol–water partition coefficient (Wildman–Crippen LogP) is -0.265. The third-order valence-corrected chi connectivity index (χ3v) is 3.29. The fourth-order valence-electron chi connectivity index (χ4n) is 2.75. The first kappa shape index (κ1) is 12.8. The van der Waals surface area contributed by atoms with Crippen LogP contribution >= 0.6 is 0 Å². The summed E-state index contributed by atoms with van der Waals surface area (Å²) < 4.78 is 5.77. The SMILES string of the molecule is CC1CN(C(=O)C2CC(O)CN2)CC(C)(C)O1. The number of aliphatic hydroxyl groups is 1. The molecule has 1 amide bonds. The number of hydrogen-bond donors (Lipinski definition) is 2. The standard InChI is InChI=1S/C12H22N2O3/c1-8-6-14(7-12(2,3)17-8)11(16)10-4-9(15)5-13-10/h8-10,13,15H,4-7H2,1-3H3. The Balaban J connectivity index is 1.99. The van der Waals surface area contributed by atoms with E-state index in [1.807, 2.05) is 25.7 Å². The maximum atomic E-state index is 12.3. The maximum Gasteiger partial charge on any atom is 0.239 e. The van der Waals surface area contributed by atoms with E-state index in [9.17, 15) is 9.90 Å². The highest BCUT2D eigenvalue weighted by atomic mass is 16.5. The van der Waals surface area contributed by atoms with Crippen LogP contribution in [0.15, 0.2) is 0 Å². The number of carbonyl (C=O) groups is 1. The minimum Gasteiger partial charge on any atom is -0.392 e. The number of hydrogen-bond acceptors (Lipinski definition) is 4. The Labute approximate surface area is 102 Å². The van der Waals surface area contributed by atoms with Crippen LogP contribution in [0.5, 0.6) is 0 Å². The Hall–Kier alpha value is -0.650. The molecule has 0 bridgehead atoms. The number of nitrogens with zero attached hydrogens (tertiary/aromatic N) is 1. The summed E-state index contributed by atoms with van der Waals surface area (Å²) in [5, 5.41) is 12.5. The lowest BCUT2D eigenvalue weighted by molar-refractivity contribution is -0.159. The molecular formula is C12H22N2O3. The topological polar surface area (TPSA) is 61.8 Å². The summed E-state index contributed by atoms with van der Waals surface area (Å²) in [6.45, 7) is 7.75. The molecule has 0 saturated carbocycles. The van der Waals surface area contributed by atoms with Gasteiger partial charge in [-0.15, -0.1) is 0 Å². The number of aliphatic hydroxyl groups excluding tert-OH is 1. The fourth-order valence-corrected chi connectivity index (χ4v) is 2.75. The summed E-state index contributed by atoms with van der Waals surface area (Å²) in [6, 6.07) is -0.230. The number of β-amino-alcohol motifs (C(OH)–C–C–N with tert-alkyl or cyclic N) is 1. The first-order valence-electron chi connectivity index (χ1n) is 6.25. The van der Waals surface area contributed by atoms with Crippen molar-refractivity contribution in [3.63, 3.8) is 0 Å². The van der Waals surface area contributed by atoms with Crippen LogP contribution in [0, 0.1) is 0 Å². The Morgan fingerprint density at radius 1 is 1.53 bits per heavy atom. The zero-order valence-corrected chi connectivity index (χ0v) is 10.8. The van der Waals surface area contributed by atoms with Gasteiger partial charge in [-0.25, -0.2) is 0 Å². The Kier molecular flexibility index (Phi) is 3.43. The quantitative estimate of drug-likeness (QED) is 0.665. The van der Waals surface area contributed by atoms with Crippen LogP contribution in [0.3, 0.4) is 0 Å². The van der Waals surface area contributed by atoms with Crippen LogP contribution in [-0.4, -0.2) is 59.4 Å². The Bertz CT molecular complexity index is 306. The van der Waals surface area contributed by atoms with Crippen molar-refractivity contribution in [1.82, 2.24) is 10.2 Å². The normalized spacial score (nSPS) is 37.2. The van der Waals surface area contributed by atoms with E-state index in [0.29, 0.717) is 26.1 Å². The fraction of sp³-hybridized carbons (Fsp3) is 0.917. The zero-order chi connectivity index (χ0) is 12.6. The molecule has 0 aromatic carbocycles. The van der Waals surface area contributed by atoms with E-state index in [1.165, 1.54) is 0 Å². The molecule has 3 unspecified atom stereocenters. The number of ether oxygens (including phenoxy) is 1. The van der Waals surface area contributed by atoms with Gasteiger partial charge in [0.2, 0.25) is 5.91 Å². The van der Waals surface area contributed by atoms with Crippen molar-refractivity contribution in [3.8, 4) is 0 Å². The van der Waals surface area contributed by atoms with E-state index in [-0.39, 0.29) is 23.7 Å². The van der Waals surface area contributed by atoms with Crippen LogP contribution in [0.2, 0.25) is 0 Å². The van der Waals surface area contributed by atoms with Gasteiger partial charge in [-0.1, -0.05) is 0 Å². The number of rotatable bonds is 1. The Morgan fingerprint density at radius 3 is 2.76 bits per heavy atom. The van der Waals surface area contributed by atoms with Gasteiger partial charge in [0.05, 0.1) is 23.9 Å². The molecule has 0 aliphatic carbocycles. The molecule has 3 atom stereocenters. The van der Waals surface area contributed by atoms with E-state index in [2.05, 4.69) is 5.32 Å². The largest absolute Gasteiger partial charge is 0.392 e. The average molecular weight is 242 g/mol. The molecule has 5 heteroatoms. The predicted molar refractivity (Wildman–Crippen MR) is 63.6 cm³/mol. The van der Waals surface area contributed by atoms with Crippen molar-refractivity contribution in [1.29, 1.82) is 0 Å². The summed E-state index contributed by atoms with van der Waals surface area (Å²) in [7, 11) is 0. The van der Waals surface area contributed by atoms with E-state index < -0.39 is 6.10 Å². The van der Waals surface area contributed by atoms with Gasteiger partial charge in [-0.2, -0.15) is 0 Å². The molecule has 98 valence electrons. The summed E-state index contributed by atoms with van der Waals surface area (Å²) in [6.07, 6.45) is 0.190. The molecule has 0 aromatic rings. The number of nitrogens with one attached hydrogen (secondary N) is 1. The maximum absolute atomic E-state index is 12.3. The molecule has 2 saturated heterocycles. The van der Waals surface area contributed by atoms with Crippen molar-refractivity contribution in [3.05, 3.63) is 0 Å². The van der Waals surface area contributed by atoms with Gasteiger partial charge in [-0.3, -0.25) is 4.79 Å².